The zero-order valence-corrected chi connectivity index (χ0v) is 22.4. The fraction of sp³-hybridized carbons (Fsp3) is 0.212. The average molecular weight is 507 g/mol. The lowest BCUT2D eigenvalue weighted by Crippen LogP contribution is -2.09. The van der Waals surface area contributed by atoms with Crippen molar-refractivity contribution >= 4 is 37.3 Å². The fourth-order valence-corrected chi connectivity index (χ4v) is 5.83. The maximum atomic E-state index is 13.7. The highest BCUT2D eigenvalue weighted by molar-refractivity contribution is 7.24. The molecule has 37 heavy (non-hydrogen) atoms. The Labute approximate surface area is 221 Å². The molecule has 0 aliphatic rings. The van der Waals surface area contributed by atoms with E-state index in [1.165, 1.54) is 0 Å². The van der Waals surface area contributed by atoms with Crippen LogP contribution in [0.15, 0.2) is 83.7 Å². The van der Waals surface area contributed by atoms with Gasteiger partial charge in [0.15, 0.2) is 11.2 Å². The zero-order chi connectivity index (χ0) is 26.3. The fourth-order valence-electron chi connectivity index (χ4n) is 4.80. The van der Waals surface area contributed by atoms with Crippen LogP contribution in [0.1, 0.15) is 76.5 Å². The van der Waals surface area contributed by atoms with E-state index in [1.54, 1.807) is 24.3 Å². The van der Waals surface area contributed by atoms with Gasteiger partial charge in [-0.15, -0.1) is 11.3 Å². The largest absolute Gasteiger partial charge is 0.389 e. The molecule has 0 saturated heterocycles. The van der Waals surface area contributed by atoms with Crippen LogP contribution >= 0.6 is 11.3 Å². The molecule has 1 unspecified atom stereocenters. The molecule has 1 N–H and O–H groups in total. The SMILES string of the molecule is Cc1ccc(C(C)C)cc1C(=O)c1ccccc1Cc1ccc2sc3ccc(C(C)O)cc3c(=O)c2c1. The zero-order valence-electron chi connectivity index (χ0n) is 21.5. The van der Waals surface area contributed by atoms with Crippen molar-refractivity contribution in [3.05, 3.63) is 128 Å². The van der Waals surface area contributed by atoms with Gasteiger partial charge in [-0.2, -0.15) is 0 Å². The topological polar surface area (TPSA) is 54.4 Å². The molecule has 4 aromatic carbocycles. The quantitative estimate of drug-likeness (QED) is 0.189. The van der Waals surface area contributed by atoms with E-state index in [0.29, 0.717) is 28.7 Å². The lowest BCUT2D eigenvalue weighted by molar-refractivity contribution is 0.103. The van der Waals surface area contributed by atoms with Crippen LogP contribution in [-0.4, -0.2) is 10.9 Å². The maximum Gasteiger partial charge on any atom is 0.195 e. The number of carbonyl (C=O) groups is 1. The molecule has 5 rings (SSSR count). The first-order valence-corrected chi connectivity index (χ1v) is 13.4. The highest BCUT2D eigenvalue weighted by Crippen LogP contribution is 2.29. The van der Waals surface area contributed by atoms with E-state index in [1.807, 2.05) is 73.7 Å². The minimum atomic E-state index is -0.630. The van der Waals surface area contributed by atoms with Crippen LogP contribution in [-0.2, 0) is 6.42 Å². The smallest absolute Gasteiger partial charge is 0.195 e. The van der Waals surface area contributed by atoms with Crippen molar-refractivity contribution in [2.45, 2.75) is 46.1 Å². The number of carbonyl (C=O) groups excluding carboxylic acids is 1. The van der Waals surface area contributed by atoms with Gasteiger partial charge in [0.2, 0.25) is 0 Å². The summed E-state index contributed by atoms with van der Waals surface area (Å²) in [7, 11) is 0. The molecular formula is C33H30O3S. The first kappa shape index (κ1) is 25.1. The van der Waals surface area contributed by atoms with Gasteiger partial charge in [0.05, 0.1) is 6.10 Å². The van der Waals surface area contributed by atoms with Gasteiger partial charge >= 0.3 is 0 Å². The van der Waals surface area contributed by atoms with Gasteiger partial charge in [-0.05, 0) is 84.3 Å². The van der Waals surface area contributed by atoms with Crippen LogP contribution in [0.5, 0.6) is 0 Å². The van der Waals surface area contributed by atoms with Crippen molar-refractivity contribution in [1.82, 2.24) is 0 Å². The molecule has 0 aliphatic heterocycles. The number of fused-ring (bicyclic) bond motifs is 2. The summed E-state index contributed by atoms with van der Waals surface area (Å²) in [6.45, 7) is 7.94. The van der Waals surface area contributed by atoms with Crippen LogP contribution in [0.3, 0.4) is 0 Å². The molecule has 1 heterocycles. The standard InChI is InChI=1S/C33H30O3S/c1-19(2)23-11-9-20(3)27(17-23)32(35)26-8-6-5-7-25(26)15-22-10-13-30-28(16-22)33(36)29-18-24(21(4)34)12-14-31(29)37-30/h5-14,16-19,21,34H,15H2,1-4H3. The van der Waals surface area contributed by atoms with Gasteiger partial charge in [0.1, 0.15) is 0 Å². The molecule has 1 aromatic heterocycles. The first-order chi connectivity index (χ1) is 17.7. The Morgan fingerprint density at radius 3 is 2.22 bits per heavy atom. The summed E-state index contributed by atoms with van der Waals surface area (Å²) in [5, 5.41) is 11.3. The second-order valence-electron chi connectivity index (χ2n) is 10.1. The summed E-state index contributed by atoms with van der Waals surface area (Å²) in [4.78, 5) is 27.1. The summed E-state index contributed by atoms with van der Waals surface area (Å²) in [5.74, 6) is 0.370. The highest BCUT2D eigenvalue weighted by atomic mass is 32.1. The number of aryl methyl sites for hydroxylation is 1. The predicted molar refractivity (Wildman–Crippen MR) is 154 cm³/mol. The molecule has 3 nitrogen and oxygen atoms in total. The van der Waals surface area contributed by atoms with Crippen molar-refractivity contribution < 1.29 is 9.90 Å². The molecule has 0 saturated carbocycles. The third kappa shape index (κ3) is 4.87. The average Bonchev–Trinajstić information content (AvgIpc) is 2.89. The van der Waals surface area contributed by atoms with E-state index < -0.39 is 6.10 Å². The molecule has 4 heteroatoms. The molecule has 0 fully saturated rings. The van der Waals surface area contributed by atoms with Crippen LogP contribution in [0.25, 0.3) is 20.2 Å². The van der Waals surface area contributed by atoms with E-state index >= 15 is 0 Å². The van der Waals surface area contributed by atoms with E-state index in [9.17, 15) is 14.7 Å². The Balaban J connectivity index is 1.55. The van der Waals surface area contributed by atoms with Gasteiger partial charge in [-0.1, -0.05) is 62.4 Å². The van der Waals surface area contributed by atoms with Crippen molar-refractivity contribution in [2.75, 3.05) is 0 Å². The predicted octanol–water partition coefficient (Wildman–Crippen LogP) is 7.72. The Morgan fingerprint density at radius 2 is 1.49 bits per heavy atom. The van der Waals surface area contributed by atoms with Crippen LogP contribution in [0.2, 0.25) is 0 Å². The van der Waals surface area contributed by atoms with Crippen molar-refractivity contribution in [1.29, 1.82) is 0 Å². The third-order valence-electron chi connectivity index (χ3n) is 7.07. The normalized spacial score (nSPS) is 12.4. The van der Waals surface area contributed by atoms with Crippen molar-refractivity contribution in [3.63, 3.8) is 0 Å². The van der Waals surface area contributed by atoms with Gasteiger partial charge < -0.3 is 5.11 Å². The third-order valence-corrected chi connectivity index (χ3v) is 8.22. The van der Waals surface area contributed by atoms with Crippen molar-refractivity contribution in [3.8, 4) is 0 Å². The lowest BCUT2D eigenvalue weighted by Gasteiger charge is -2.13. The van der Waals surface area contributed by atoms with Gasteiger partial charge in [-0.3, -0.25) is 9.59 Å². The Hall–Kier alpha value is -3.60. The molecule has 186 valence electrons. The van der Waals surface area contributed by atoms with Gasteiger partial charge in [0, 0.05) is 31.3 Å². The number of ketones is 1. The molecule has 0 spiro atoms. The molecule has 0 radical (unpaired) electrons. The van der Waals surface area contributed by atoms with Gasteiger partial charge in [0.25, 0.3) is 0 Å². The first-order valence-electron chi connectivity index (χ1n) is 12.6. The summed E-state index contributed by atoms with van der Waals surface area (Å²) >= 11 is 1.58. The minimum Gasteiger partial charge on any atom is -0.389 e. The second-order valence-corrected chi connectivity index (χ2v) is 11.2. The Bertz CT molecular complexity index is 1710. The highest BCUT2D eigenvalue weighted by Gasteiger charge is 2.17. The second kappa shape index (κ2) is 10.0. The number of hydrogen-bond acceptors (Lipinski definition) is 4. The molecule has 0 aliphatic carbocycles. The molecular weight excluding hydrogens is 476 g/mol. The van der Waals surface area contributed by atoms with E-state index in [-0.39, 0.29) is 11.2 Å². The minimum absolute atomic E-state index is 0.0276. The Morgan fingerprint density at radius 1 is 0.811 bits per heavy atom. The van der Waals surface area contributed by atoms with E-state index in [2.05, 4.69) is 19.9 Å². The van der Waals surface area contributed by atoms with Gasteiger partial charge in [-0.25, -0.2) is 0 Å². The molecule has 0 bridgehead atoms. The van der Waals surface area contributed by atoms with E-state index in [4.69, 9.17) is 0 Å². The van der Waals surface area contributed by atoms with Crippen LogP contribution in [0.4, 0.5) is 0 Å². The monoisotopic (exact) mass is 506 g/mol. The summed E-state index contributed by atoms with van der Waals surface area (Å²) in [6.07, 6.45) is -0.0777. The summed E-state index contributed by atoms with van der Waals surface area (Å²) in [5.41, 5.74) is 6.17. The number of aliphatic hydroxyl groups is 1. The number of hydrogen-bond donors (Lipinski definition) is 1. The number of rotatable bonds is 6. The molecule has 5 aromatic rings. The lowest BCUT2D eigenvalue weighted by atomic mass is 9.90. The van der Waals surface area contributed by atoms with Crippen LogP contribution < -0.4 is 5.43 Å². The maximum absolute atomic E-state index is 13.7. The number of benzene rings is 4. The summed E-state index contributed by atoms with van der Waals surface area (Å²) < 4.78 is 1.83. The van der Waals surface area contributed by atoms with Crippen LogP contribution in [0, 0.1) is 6.92 Å². The summed E-state index contributed by atoms with van der Waals surface area (Å²) in [6, 6.07) is 25.5. The molecule has 0 amide bonds. The molecule has 1 atom stereocenters. The number of aliphatic hydroxyl groups excluding tert-OH is 1. The van der Waals surface area contributed by atoms with E-state index in [0.717, 1.165) is 42.8 Å². The Kier molecular flexibility index (Phi) is 6.80. The van der Waals surface area contributed by atoms with Crippen molar-refractivity contribution in [2.24, 2.45) is 0 Å².